The number of rotatable bonds is 6. The topological polar surface area (TPSA) is 49.3 Å². The average molecular weight is 208 g/mol. The highest BCUT2D eigenvalue weighted by molar-refractivity contribution is 6.19. The molecular weight excluding hydrogens is 190 g/mol. The molecule has 0 aliphatic heterocycles. The maximum Gasteiger partial charge on any atom is 0.224 e. The minimum Gasteiger partial charge on any atom is -0.393 e. The van der Waals surface area contributed by atoms with Crippen molar-refractivity contribution in [2.75, 3.05) is 12.4 Å². The fourth-order valence-corrected chi connectivity index (χ4v) is 0.951. The van der Waals surface area contributed by atoms with Crippen LogP contribution in [0.4, 0.5) is 0 Å². The summed E-state index contributed by atoms with van der Waals surface area (Å²) in [5.41, 5.74) is 0. The van der Waals surface area contributed by atoms with Gasteiger partial charge in [-0.15, -0.1) is 11.6 Å². The van der Waals surface area contributed by atoms with E-state index in [1.54, 1.807) is 6.92 Å². The molecule has 0 bridgehead atoms. The van der Waals surface area contributed by atoms with Gasteiger partial charge in [0.25, 0.3) is 0 Å². The van der Waals surface area contributed by atoms with Crippen LogP contribution in [0.3, 0.4) is 0 Å². The van der Waals surface area contributed by atoms with Gasteiger partial charge in [-0.2, -0.15) is 0 Å². The molecule has 0 heterocycles. The Morgan fingerprint density at radius 3 is 2.69 bits per heavy atom. The number of halogens is 1. The number of aliphatic hydroxyl groups excluding tert-OH is 1. The van der Waals surface area contributed by atoms with Crippen LogP contribution in [0.1, 0.15) is 26.7 Å². The quantitative estimate of drug-likeness (QED) is 0.642. The van der Waals surface area contributed by atoms with E-state index in [4.69, 9.17) is 11.6 Å². The fraction of sp³-hybridized carbons (Fsp3) is 0.889. The monoisotopic (exact) mass is 207 g/mol. The van der Waals surface area contributed by atoms with E-state index in [2.05, 4.69) is 5.32 Å². The zero-order valence-corrected chi connectivity index (χ0v) is 8.97. The summed E-state index contributed by atoms with van der Waals surface area (Å²) in [6.07, 6.45) is 1.02. The largest absolute Gasteiger partial charge is 0.393 e. The molecule has 0 radical (unpaired) electrons. The van der Waals surface area contributed by atoms with E-state index in [0.717, 1.165) is 6.42 Å². The third kappa shape index (κ3) is 5.88. The Morgan fingerprint density at radius 1 is 1.62 bits per heavy atom. The maximum absolute atomic E-state index is 11.2. The third-order valence-electron chi connectivity index (χ3n) is 1.93. The first kappa shape index (κ1) is 12.7. The van der Waals surface area contributed by atoms with E-state index in [9.17, 15) is 9.90 Å². The molecule has 13 heavy (non-hydrogen) atoms. The minimum absolute atomic E-state index is 0.0432. The number of hydrogen-bond acceptors (Lipinski definition) is 2. The second kappa shape index (κ2) is 7.15. The Bertz CT molecular complexity index is 153. The van der Waals surface area contributed by atoms with Crippen LogP contribution in [0.5, 0.6) is 0 Å². The lowest BCUT2D eigenvalue weighted by Gasteiger charge is -2.11. The highest BCUT2D eigenvalue weighted by Crippen LogP contribution is 1.98. The molecule has 2 unspecified atom stereocenters. The number of aliphatic hydroxyl groups is 1. The van der Waals surface area contributed by atoms with E-state index in [1.165, 1.54) is 0 Å². The van der Waals surface area contributed by atoms with Crippen LogP contribution in [0.2, 0.25) is 0 Å². The van der Waals surface area contributed by atoms with Gasteiger partial charge in [0.15, 0.2) is 0 Å². The zero-order valence-electron chi connectivity index (χ0n) is 8.22. The SMILES string of the molecule is CCC(O)CCNC(=O)C(C)CCl. The molecule has 0 aromatic rings. The van der Waals surface area contributed by atoms with Gasteiger partial charge >= 0.3 is 0 Å². The van der Waals surface area contributed by atoms with Gasteiger partial charge in [-0.3, -0.25) is 4.79 Å². The van der Waals surface area contributed by atoms with E-state index in [1.807, 2.05) is 6.92 Å². The number of amides is 1. The van der Waals surface area contributed by atoms with Gasteiger partial charge in [0.05, 0.1) is 6.10 Å². The lowest BCUT2D eigenvalue weighted by Crippen LogP contribution is -2.32. The Kier molecular flexibility index (Phi) is 7.00. The summed E-state index contributed by atoms with van der Waals surface area (Å²) in [7, 11) is 0. The molecule has 0 saturated heterocycles. The van der Waals surface area contributed by atoms with Crippen molar-refractivity contribution in [1.29, 1.82) is 0 Å². The average Bonchev–Trinajstić information content (AvgIpc) is 2.15. The highest BCUT2D eigenvalue weighted by atomic mass is 35.5. The van der Waals surface area contributed by atoms with Crippen LogP contribution in [0, 0.1) is 5.92 Å². The summed E-state index contributed by atoms with van der Waals surface area (Å²) in [6, 6.07) is 0. The van der Waals surface area contributed by atoms with Crippen molar-refractivity contribution in [2.24, 2.45) is 5.92 Å². The van der Waals surface area contributed by atoms with Gasteiger partial charge in [-0.25, -0.2) is 0 Å². The fourth-order valence-electron chi connectivity index (χ4n) is 0.810. The molecule has 0 aromatic heterocycles. The van der Waals surface area contributed by atoms with Gasteiger partial charge in [0.1, 0.15) is 0 Å². The molecule has 0 aliphatic carbocycles. The summed E-state index contributed by atoms with van der Waals surface area (Å²) >= 11 is 5.51. The van der Waals surface area contributed by atoms with Gasteiger partial charge < -0.3 is 10.4 Å². The molecule has 0 spiro atoms. The second-order valence-electron chi connectivity index (χ2n) is 3.20. The Hall–Kier alpha value is -0.280. The molecule has 78 valence electrons. The maximum atomic E-state index is 11.2. The number of carbonyl (C=O) groups is 1. The van der Waals surface area contributed by atoms with Gasteiger partial charge in [0, 0.05) is 18.3 Å². The molecule has 0 saturated carbocycles. The van der Waals surface area contributed by atoms with E-state index in [0.29, 0.717) is 18.8 Å². The summed E-state index contributed by atoms with van der Waals surface area (Å²) < 4.78 is 0. The van der Waals surface area contributed by atoms with Crippen molar-refractivity contribution in [2.45, 2.75) is 32.8 Å². The first-order chi connectivity index (χ1) is 6.11. The van der Waals surface area contributed by atoms with Crippen molar-refractivity contribution < 1.29 is 9.90 Å². The molecule has 0 rings (SSSR count). The Morgan fingerprint density at radius 2 is 2.23 bits per heavy atom. The number of alkyl halides is 1. The number of nitrogens with one attached hydrogen (secondary N) is 1. The lowest BCUT2D eigenvalue weighted by molar-refractivity contribution is -0.123. The molecular formula is C9H18ClNO2. The summed E-state index contributed by atoms with van der Waals surface area (Å²) in [5.74, 6) is 0.140. The first-order valence-electron chi connectivity index (χ1n) is 4.63. The van der Waals surface area contributed by atoms with Crippen LogP contribution < -0.4 is 5.32 Å². The standard InChI is InChI=1S/C9H18ClNO2/c1-3-8(12)4-5-11-9(13)7(2)6-10/h7-8,12H,3-6H2,1-2H3,(H,11,13). The van der Waals surface area contributed by atoms with Crippen LogP contribution in [0.15, 0.2) is 0 Å². The van der Waals surface area contributed by atoms with E-state index >= 15 is 0 Å². The van der Waals surface area contributed by atoms with Crippen molar-refractivity contribution in [3.05, 3.63) is 0 Å². The lowest BCUT2D eigenvalue weighted by atomic mass is 10.2. The second-order valence-corrected chi connectivity index (χ2v) is 3.51. The molecule has 0 aromatic carbocycles. The van der Waals surface area contributed by atoms with Crippen LogP contribution in [-0.4, -0.2) is 29.5 Å². The first-order valence-corrected chi connectivity index (χ1v) is 5.17. The number of hydrogen-bond donors (Lipinski definition) is 2. The molecule has 2 N–H and O–H groups in total. The number of carbonyl (C=O) groups excluding carboxylic acids is 1. The molecule has 2 atom stereocenters. The van der Waals surface area contributed by atoms with E-state index in [-0.39, 0.29) is 17.9 Å². The normalized spacial score (nSPS) is 15.1. The van der Waals surface area contributed by atoms with Crippen molar-refractivity contribution in [3.63, 3.8) is 0 Å². The molecule has 0 aliphatic rings. The summed E-state index contributed by atoms with van der Waals surface area (Å²) in [5, 5.41) is 11.9. The Labute approximate surface area is 84.5 Å². The van der Waals surface area contributed by atoms with Crippen LogP contribution >= 0.6 is 11.6 Å². The zero-order chi connectivity index (χ0) is 10.3. The predicted molar refractivity (Wildman–Crippen MR) is 53.8 cm³/mol. The van der Waals surface area contributed by atoms with E-state index < -0.39 is 0 Å². The summed E-state index contributed by atoms with van der Waals surface area (Å²) in [6.45, 7) is 4.21. The van der Waals surface area contributed by atoms with Gasteiger partial charge in [-0.1, -0.05) is 13.8 Å². The Balaban J connectivity index is 3.47. The molecule has 4 heteroatoms. The van der Waals surface area contributed by atoms with Crippen molar-refractivity contribution in [3.8, 4) is 0 Å². The minimum atomic E-state index is -0.313. The van der Waals surface area contributed by atoms with Gasteiger partial charge in [0.2, 0.25) is 5.91 Å². The van der Waals surface area contributed by atoms with Crippen molar-refractivity contribution >= 4 is 17.5 Å². The highest BCUT2D eigenvalue weighted by Gasteiger charge is 2.10. The molecule has 1 amide bonds. The molecule has 3 nitrogen and oxygen atoms in total. The van der Waals surface area contributed by atoms with Crippen LogP contribution in [-0.2, 0) is 4.79 Å². The van der Waals surface area contributed by atoms with Crippen LogP contribution in [0.25, 0.3) is 0 Å². The van der Waals surface area contributed by atoms with Gasteiger partial charge in [-0.05, 0) is 12.8 Å². The molecule has 0 fully saturated rings. The summed E-state index contributed by atoms with van der Waals surface area (Å²) in [4.78, 5) is 11.2. The third-order valence-corrected chi connectivity index (χ3v) is 2.39. The smallest absolute Gasteiger partial charge is 0.224 e. The van der Waals surface area contributed by atoms with Crippen molar-refractivity contribution in [1.82, 2.24) is 5.32 Å². The predicted octanol–water partition coefficient (Wildman–Crippen LogP) is 1.14.